The minimum Gasteiger partial charge on any atom is -0.598 e. The number of pyridine rings is 1. The highest BCUT2D eigenvalue weighted by atomic mass is 79.9. The summed E-state index contributed by atoms with van der Waals surface area (Å²) in [6, 6.07) is 4.99. The Morgan fingerprint density at radius 3 is 2.69 bits per heavy atom. The van der Waals surface area contributed by atoms with Crippen molar-refractivity contribution in [2.75, 3.05) is 12.3 Å². The predicted octanol–water partition coefficient (Wildman–Crippen LogP) is 3.24. The molecule has 1 aromatic heterocycles. The first-order chi connectivity index (χ1) is 13.3. The number of hydrogen-bond acceptors (Lipinski definition) is 5. The molecule has 1 aliphatic heterocycles. The van der Waals surface area contributed by atoms with E-state index >= 15 is 0 Å². The molecular weight excluding hydrogens is 479 g/mol. The van der Waals surface area contributed by atoms with E-state index in [-0.39, 0.29) is 11.4 Å². The SMILES string of the molecule is CC(C)(C)[S@@+]([O-])N[C@@](C)(C[SH]1(=O)NCCCC[C@]1(C)C#N)c1nc(Br)ccc1F. The lowest BCUT2D eigenvalue weighted by atomic mass is 10.0. The van der Waals surface area contributed by atoms with Crippen LogP contribution in [0.2, 0.25) is 0 Å². The summed E-state index contributed by atoms with van der Waals surface area (Å²) in [7, 11) is -3.34. The van der Waals surface area contributed by atoms with Crippen molar-refractivity contribution < 1.29 is 13.2 Å². The molecule has 10 heteroatoms. The normalized spacial score (nSPS) is 26.6. The summed E-state index contributed by atoms with van der Waals surface area (Å²) in [4.78, 5) is 4.29. The van der Waals surface area contributed by atoms with Gasteiger partial charge < -0.3 is 4.55 Å². The highest BCUT2D eigenvalue weighted by Crippen LogP contribution is 2.37. The maximum absolute atomic E-state index is 14.8. The first-order valence-corrected chi connectivity index (χ1v) is 13.4. The Bertz CT molecular complexity index is 844. The fourth-order valence-corrected chi connectivity index (χ4v) is 7.77. The molecule has 0 amide bonds. The van der Waals surface area contributed by atoms with Crippen LogP contribution in [0.5, 0.6) is 0 Å². The zero-order valence-electron chi connectivity index (χ0n) is 17.5. The van der Waals surface area contributed by atoms with E-state index in [0.717, 1.165) is 12.8 Å². The number of nitrogens with one attached hydrogen (secondary N) is 2. The fourth-order valence-electron chi connectivity index (χ4n) is 3.34. The monoisotopic (exact) mass is 508 g/mol. The lowest BCUT2D eigenvalue weighted by Crippen LogP contribution is -2.60. The number of halogens is 2. The van der Waals surface area contributed by atoms with Crippen LogP contribution >= 0.6 is 15.9 Å². The molecule has 0 bridgehead atoms. The van der Waals surface area contributed by atoms with Gasteiger partial charge >= 0.3 is 0 Å². The van der Waals surface area contributed by atoms with Gasteiger partial charge in [0.2, 0.25) is 0 Å². The molecule has 0 saturated carbocycles. The largest absolute Gasteiger partial charge is 0.598 e. The zero-order chi connectivity index (χ0) is 22.1. The Labute approximate surface area is 185 Å². The minimum absolute atomic E-state index is 0.0195. The van der Waals surface area contributed by atoms with Crippen LogP contribution < -0.4 is 9.44 Å². The van der Waals surface area contributed by atoms with Gasteiger partial charge in [-0.2, -0.15) is 5.26 Å². The highest BCUT2D eigenvalue weighted by molar-refractivity contribution is 9.10. The fraction of sp³-hybridized carbons (Fsp3) is 0.684. The van der Waals surface area contributed by atoms with E-state index in [2.05, 4.69) is 36.4 Å². The van der Waals surface area contributed by atoms with Crippen molar-refractivity contribution in [1.82, 2.24) is 14.4 Å². The predicted molar refractivity (Wildman–Crippen MR) is 121 cm³/mol. The van der Waals surface area contributed by atoms with Crippen molar-refractivity contribution in [2.24, 2.45) is 0 Å². The van der Waals surface area contributed by atoms with Crippen LogP contribution in [-0.4, -0.2) is 35.5 Å². The Kier molecular flexibility index (Phi) is 7.57. The first-order valence-electron chi connectivity index (χ1n) is 9.54. The molecule has 29 heavy (non-hydrogen) atoms. The molecule has 6 nitrogen and oxygen atoms in total. The number of rotatable bonds is 5. The molecule has 1 aromatic rings. The van der Waals surface area contributed by atoms with Crippen LogP contribution in [0.4, 0.5) is 4.39 Å². The third-order valence-electron chi connectivity index (χ3n) is 5.24. The van der Waals surface area contributed by atoms with E-state index < -0.39 is 42.3 Å². The Morgan fingerprint density at radius 2 is 2.10 bits per heavy atom. The van der Waals surface area contributed by atoms with Crippen LogP contribution in [0, 0.1) is 17.1 Å². The van der Waals surface area contributed by atoms with Gasteiger partial charge in [0.05, 0.1) is 6.07 Å². The average molecular weight is 510 g/mol. The lowest BCUT2D eigenvalue weighted by molar-refractivity contribution is 0.421. The molecule has 3 atom stereocenters. The molecule has 0 aromatic carbocycles. The van der Waals surface area contributed by atoms with Gasteiger partial charge in [0, 0.05) is 23.7 Å². The quantitative estimate of drug-likeness (QED) is 0.322. The van der Waals surface area contributed by atoms with Gasteiger partial charge in [-0.3, -0.25) is 8.93 Å². The molecule has 1 fully saturated rings. The molecule has 0 unspecified atom stereocenters. The Balaban J connectivity index is 2.59. The second-order valence-corrected chi connectivity index (χ2v) is 14.8. The van der Waals surface area contributed by atoms with E-state index in [1.807, 2.05) is 0 Å². The topological polar surface area (TPSA) is 101 Å². The van der Waals surface area contributed by atoms with Crippen LogP contribution in [0.1, 0.15) is 59.6 Å². The van der Waals surface area contributed by atoms with Crippen LogP contribution in [0.15, 0.2) is 16.7 Å². The number of thiol groups is 1. The van der Waals surface area contributed by atoms with E-state index in [0.29, 0.717) is 17.6 Å². The number of aromatic nitrogens is 1. The summed E-state index contributed by atoms with van der Waals surface area (Å²) in [6.45, 7) is 9.25. The molecule has 1 saturated heterocycles. The maximum Gasteiger partial charge on any atom is 0.146 e. The molecule has 1 aliphatic rings. The summed E-state index contributed by atoms with van der Waals surface area (Å²) in [5.41, 5.74) is -1.30. The highest BCUT2D eigenvalue weighted by Gasteiger charge is 2.49. The third kappa shape index (κ3) is 5.38. The molecule has 0 aliphatic carbocycles. The second kappa shape index (κ2) is 8.89. The first kappa shape index (κ1) is 24.7. The summed E-state index contributed by atoms with van der Waals surface area (Å²) in [6.07, 6.45) is 2.08. The second-order valence-electron chi connectivity index (χ2n) is 8.93. The van der Waals surface area contributed by atoms with Crippen molar-refractivity contribution >= 4 is 37.4 Å². The standard InChI is InChI=1S/C19H30BrFN4O2S2/c1-17(2,3)28(26)25-19(5,16-14(21)8-9-15(20)24-16)13-29(27)18(4,12-22)10-6-7-11-23-29/h8-9,25,29H,6-7,10-11,13H2,1-5H3,(H,23,27)/t18-,19+,28-/m1/s1. The smallest absolute Gasteiger partial charge is 0.146 e. The van der Waals surface area contributed by atoms with E-state index in [9.17, 15) is 18.4 Å². The van der Waals surface area contributed by atoms with Gasteiger partial charge in [0.1, 0.15) is 31.1 Å². The van der Waals surface area contributed by atoms with Crippen LogP contribution in [-0.2, 0) is 27.0 Å². The number of nitrogens with zero attached hydrogens (tertiary/aromatic N) is 2. The van der Waals surface area contributed by atoms with Gasteiger partial charge in [-0.15, -0.1) is 4.72 Å². The average Bonchev–Trinajstić information content (AvgIpc) is 2.75. The molecule has 2 heterocycles. The lowest BCUT2D eigenvalue weighted by Gasteiger charge is -2.43. The van der Waals surface area contributed by atoms with Crippen molar-refractivity contribution in [2.45, 2.75) is 68.9 Å². The molecule has 164 valence electrons. The van der Waals surface area contributed by atoms with E-state index in [1.165, 1.54) is 12.1 Å². The van der Waals surface area contributed by atoms with E-state index in [1.54, 1.807) is 34.6 Å². The van der Waals surface area contributed by atoms with Crippen LogP contribution in [0.25, 0.3) is 0 Å². The summed E-state index contributed by atoms with van der Waals surface area (Å²) in [5.74, 6) is -0.680. The van der Waals surface area contributed by atoms with Gasteiger partial charge in [0.15, 0.2) is 0 Å². The maximum atomic E-state index is 14.8. The summed E-state index contributed by atoms with van der Waals surface area (Å²) in [5, 5.41) is 9.85. The van der Waals surface area contributed by atoms with Gasteiger partial charge in [-0.1, -0.05) is 0 Å². The molecule has 2 rings (SSSR count). The van der Waals surface area contributed by atoms with Gasteiger partial charge in [-0.25, -0.2) is 9.37 Å². The zero-order valence-corrected chi connectivity index (χ0v) is 20.8. The molecule has 2 N–H and O–H groups in total. The molecule has 0 spiro atoms. The van der Waals surface area contributed by atoms with Crippen molar-refractivity contribution in [3.63, 3.8) is 0 Å². The van der Waals surface area contributed by atoms with Crippen LogP contribution in [0.3, 0.4) is 0 Å². The molecular formula is C19H30BrFN4O2S2. The van der Waals surface area contributed by atoms with Crippen molar-refractivity contribution in [1.29, 1.82) is 5.26 Å². The van der Waals surface area contributed by atoms with Crippen molar-refractivity contribution in [3.05, 3.63) is 28.2 Å². The Hall–Kier alpha value is -0.570. The number of nitriles is 1. The van der Waals surface area contributed by atoms with Gasteiger partial charge in [-0.05, 0) is 92.1 Å². The summed E-state index contributed by atoms with van der Waals surface area (Å²) < 4.78 is 46.7. The number of hydrogen-bond donors (Lipinski definition) is 3. The third-order valence-corrected chi connectivity index (χ3v) is 11.2. The van der Waals surface area contributed by atoms with Crippen molar-refractivity contribution in [3.8, 4) is 6.07 Å². The Morgan fingerprint density at radius 1 is 1.45 bits per heavy atom. The minimum atomic E-state index is -3.34. The van der Waals surface area contributed by atoms with Gasteiger partial charge in [0.25, 0.3) is 0 Å². The summed E-state index contributed by atoms with van der Waals surface area (Å²) >= 11 is 1.68. The van der Waals surface area contributed by atoms with E-state index in [4.69, 9.17) is 0 Å². The molecule has 0 radical (unpaired) electrons.